The van der Waals surface area contributed by atoms with Crippen molar-refractivity contribution < 1.29 is 14.3 Å². The van der Waals surface area contributed by atoms with Crippen molar-refractivity contribution in [1.82, 2.24) is 0 Å². The lowest BCUT2D eigenvalue weighted by Gasteiger charge is -2.26. The summed E-state index contributed by atoms with van der Waals surface area (Å²) in [5.41, 5.74) is 8.74. The van der Waals surface area contributed by atoms with Crippen LogP contribution in [0.5, 0.6) is 11.5 Å². The first kappa shape index (κ1) is 20.3. The van der Waals surface area contributed by atoms with E-state index < -0.39 is 11.9 Å². The Morgan fingerprint density at radius 2 is 1.90 bits per heavy atom. The Labute approximate surface area is 184 Å². The molecule has 0 bridgehead atoms. The van der Waals surface area contributed by atoms with Crippen molar-refractivity contribution in [2.45, 2.75) is 5.92 Å². The van der Waals surface area contributed by atoms with E-state index in [2.05, 4.69) is 6.07 Å². The van der Waals surface area contributed by atoms with Crippen molar-refractivity contribution in [3.05, 3.63) is 112 Å². The van der Waals surface area contributed by atoms with Crippen LogP contribution in [0.15, 0.2) is 90.3 Å². The number of halogens is 1. The van der Waals surface area contributed by atoms with E-state index in [4.69, 9.17) is 26.8 Å². The van der Waals surface area contributed by atoms with Gasteiger partial charge in [0.25, 0.3) is 0 Å². The predicted molar refractivity (Wildman–Crippen MR) is 118 cm³/mol. The molecule has 0 aliphatic carbocycles. The number of rotatable bonds is 4. The zero-order chi connectivity index (χ0) is 21.8. The fourth-order valence-corrected chi connectivity index (χ4v) is 3.61. The minimum atomic E-state index is -0.521. The topological polar surface area (TPSA) is 85.3 Å². The second-order valence-corrected chi connectivity index (χ2v) is 7.28. The summed E-state index contributed by atoms with van der Waals surface area (Å²) in [5, 5.41) is 10.2. The van der Waals surface area contributed by atoms with Gasteiger partial charge in [0.15, 0.2) is 0 Å². The third kappa shape index (κ3) is 4.45. The number of nitrogens with two attached hydrogens (primary N) is 1. The SMILES string of the molecule is N#CC1=C(N)Oc2cc(OC(=O)/C=C/c3ccccc3)ccc2C1c1cccc(Cl)c1. The van der Waals surface area contributed by atoms with Crippen LogP contribution in [-0.2, 0) is 4.79 Å². The average Bonchev–Trinajstić information content (AvgIpc) is 2.77. The van der Waals surface area contributed by atoms with E-state index in [0.29, 0.717) is 22.1 Å². The van der Waals surface area contributed by atoms with E-state index in [1.165, 1.54) is 6.08 Å². The number of ether oxygens (including phenoxy) is 2. The number of nitrogens with zero attached hydrogens (tertiary/aromatic N) is 1. The average molecular weight is 429 g/mol. The summed E-state index contributed by atoms with van der Waals surface area (Å²) in [5.74, 6) is -0.229. The molecule has 3 aromatic rings. The highest BCUT2D eigenvalue weighted by Crippen LogP contribution is 2.43. The van der Waals surface area contributed by atoms with E-state index >= 15 is 0 Å². The molecular formula is C25H17ClN2O3. The van der Waals surface area contributed by atoms with Crippen LogP contribution in [0, 0.1) is 11.3 Å². The maximum Gasteiger partial charge on any atom is 0.336 e. The standard InChI is InChI=1S/C25H17ClN2O3/c26-18-8-4-7-17(13-18)24-20-11-10-19(14-22(20)31-25(28)21(24)15-27)30-23(29)12-9-16-5-2-1-3-6-16/h1-14,24H,28H2/b12-9+. The van der Waals surface area contributed by atoms with Crippen molar-refractivity contribution in [3.63, 3.8) is 0 Å². The molecule has 5 nitrogen and oxygen atoms in total. The summed E-state index contributed by atoms with van der Waals surface area (Å²) < 4.78 is 11.1. The highest BCUT2D eigenvalue weighted by atomic mass is 35.5. The van der Waals surface area contributed by atoms with Crippen LogP contribution in [0.2, 0.25) is 5.02 Å². The molecule has 1 atom stereocenters. The van der Waals surface area contributed by atoms with Crippen molar-refractivity contribution in [3.8, 4) is 17.6 Å². The smallest absolute Gasteiger partial charge is 0.336 e. The van der Waals surface area contributed by atoms with Gasteiger partial charge in [0.05, 0.1) is 5.92 Å². The van der Waals surface area contributed by atoms with Gasteiger partial charge in [-0.3, -0.25) is 0 Å². The minimum Gasteiger partial charge on any atom is -0.440 e. The molecule has 0 spiro atoms. The predicted octanol–water partition coefficient (Wildman–Crippen LogP) is 5.18. The van der Waals surface area contributed by atoms with Crippen LogP contribution in [0.4, 0.5) is 0 Å². The molecule has 0 radical (unpaired) electrons. The monoisotopic (exact) mass is 428 g/mol. The van der Waals surface area contributed by atoms with Gasteiger partial charge in [0, 0.05) is 22.7 Å². The summed E-state index contributed by atoms with van der Waals surface area (Å²) in [6, 6.07) is 23.8. The van der Waals surface area contributed by atoms with Crippen LogP contribution >= 0.6 is 11.6 Å². The van der Waals surface area contributed by atoms with Gasteiger partial charge in [-0.2, -0.15) is 5.26 Å². The van der Waals surface area contributed by atoms with E-state index in [0.717, 1.165) is 16.7 Å². The van der Waals surface area contributed by atoms with E-state index in [-0.39, 0.29) is 5.88 Å². The quantitative estimate of drug-likeness (QED) is 0.351. The van der Waals surface area contributed by atoms with Gasteiger partial charge in [-0.25, -0.2) is 4.79 Å². The normalized spacial score (nSPS) is 15.2. The van der Waals surface area contributed by atoms with E-state index in [1.807, 2.05) is 42.5 Å². The summed E-state index contributed by atoms with van der Waals surface area (Å²) in [7, 11) is 0. The van der Waals surface area contributed by atoms with Crippen molar-refractivity contribution in [2.24, 2.45) is 5.73 Å². The Morgan fingerprint density at radius 1 is 1.10 bits per heavy atom. The zero-order valence-electron chi connectivity index (χ0n) is 16.3. The molecule has 1 aliphatic heterocycles. The molecule has 0 aromatic heterocycles. The van der Waals surface area contributed by atoms with Gasteiger partial charge in [0.1, 0.15) is 23.1 Å². The van der Waals surface area contributed by atoms with Gasteiger partial charge in [-0.1, -0.05) is 60.1 Å². The number of hydrogen-bond donors (Lipinski definition) is 1. The summed E-state index contributed by atoms with van der Waals surface area (Å²) in [6.07, 6.45) is 3.03. The molecule has 0 saturated heterocycles. The van der Waals surface area contributed by atoms with Crippen molar-refractivity contribution in [1.29, 1.82) is 5.26 Å². The Bertz CT molecular complexity index is 1240. The number of esters is 1. The van der Waals surface area contributed by atoms with Gasteiger partial charge in [-0.15, -0.1) is 0 Å². The molecule has 0 fully saturated rings. The molecule has 3 aromatic carbocycles. The first-order valence-electron chi connectivity index (χ1n) is 9.47. The van der Waals surface area contributed by atoms with Crippen LogP contribution in [0.3, 0.4) is 0 Å². The zero-order valence-corrected chi connectivity index (χ0v) is 17.0. The van der Waals surface area contributed by atoms with Crippen LogP contribution in [-0.4, -0.2) is 5.97 Å². The van der Waals surface area contributed by atoms with Gasteiger partial charge < -0.3 is 15.2 Å². The number of benzene rings is 3. The van der Waals surface area contributed by atoms with Gasteiger partial charge in [-0.05, 0) is 35.4 Å². The lowest BCUT2D eigenvalue weighted by atomic mass is 9.83. The highest BCUT2D eigenvalue weighted by molar-refractivity contribution is 6.30. The minimum absolute atomic E-state index is 0.00688. The first-order valence-corrected chi connectivity index (χ1v) is 9.85. The largest absolute Gasteiger partial charge is 0.440 e. The molecule has 1 heterocycles. The lowest BCUT2D eigenvalue weighted by molar-refractivity contribution is -0.128. The van der Waals surface area contributed by atoms with Gasteiger partial charge in [0.2, 0.25) is 5.88 Å². The third-order valence-electron chi connectivity index (χ3n) is 4.80. The van der Waals surface area contributed by atoms with Crippen LogP contribution in [0.1, 0.15) is 22.6 Å². The van der Waals surface area contributed by atoms with Gasteiger partial charge >= 0.3 is 5.97 Å². The highest BCUT2D eigenvalue weighted by Gasteiger charge is 2.31. The second kappa shape index (κ2) is 8.78. The number of carbonyl (C=O) groups is 1. The lowest BCUT2D eigenvalue weighted by Crippen LogP contribution is -2.21. The van der Waals surface area contributed by atoms with Crippen LogP contribution in [0.25, 0.3) is 6.08 Å². The molecule has 4 rings (SSSR count). The molecular weight excluding hydrogens is 412 g/mol. The molecule has 6 heteroatoms. The number of allylic oxidation sites excluding steroid dienone is 1. The number of nitriles is 1. The number of carbonyl (C=O) groups excluding carboxylic acids is 1. The Kier molecular flexibility index (Phi) is 5.74. The molecule has 1 aliphatic rings. The Morgan fingerprint density at radius 3 is 2.65 bits per heavy atom. The number of hydrogen-bond acceptors (Lipinski definition) is 5. The van der Waals surface area contributed by atoms with Crippen molar-refractivity contribution in [2.75, 3.05) is 0 Å². The maximum absolute atomic E-state index is 12.2. The van der Waals surface area contributed by atoms with Crippen molar-refractivity contribution >= 4 is 23.6 Å². The first-order chi connectivity index (χ1) is 15.0. The molecule has 2 N–H and O–H groups in total. The third-order valence-corrected chi connectivity index (χ3v) is 5.04. The summed E-state index contributed by atoms with van der Waals surface area (Å²) >= 11 is 6.15. The molecule has 31 heavy (non-hydrogen) atoms. The maximum atomic E-state index is 12.2. The number of fused-ring (bicyclic) bond motifs is 1. The van der Waals surface area contributed by atoms with E-state index in [9.17, 15) is 10.1 Å². The molecule has 0 amide bonds. The molecule has 152 valence electrons. The fraction of sp³-hybridized carbons (Fsp3) is 0.0400. The summed E-state index contributed by atoms with van der Waals surface area (Å²) in [6.45, 7) is 0. The fourth-order valence-electron chi connectivity index (χ4n) is 3.41. The Hall–Kier alpha value is -4.01. The second-order valence-electron chi connectivity index (χ2n) is 6.84. The van der Waals surface area contributed by atoms with E-state index in [1.54, 1.807) is 36.4 Å². The molecule has 0 saturated carbocycles. The van der Waals surface area contributed by atoms with Crippen LogP contribution < -0.4 is 15.2 Å². The molecule has 1 unspecified atom stereocenters. The summed E-state index contributed by atoms with van der Waals surface area (Å²) in [4.78, 5) is 12.2. The Balaban J connectivity index is 1.62.